The molecule has 17 heavy (non-hydrogen) atoms. The molecular formula is C14H27NO2. The topological polar surface area (TPSA) is 30.5 Å². The molecule has 0 aromatic heterocycles. The average molecular weight is 241 g/mol. The highest BCUT2D eigenvalue weighted by molar-refractivity contribution is 4.88. The van der Waals surface area contributed by atoms with Gasteiger partial charge in [-0.2, -0.15) is 0 Å². The fraction of sp³-hybridized carbons (Fsp3) is 1.00. The van der Waals surface area contributed by atoms with Gasteiger partial charge in [-0.15, -0.1) is 0 Å². The van der Waals surface area contributed by atoms with Crippen LogP contribution in [0.5, 0.6) is 0 Å². The van der Waals surface area contributed by atoms with Crippen LogP contribution in [0, 0.1) is 5.92 Å². The predicted molar refractivity (Wildman–Crippen MR) is 69.2 cm³/mol. The summed E-state index contributed by atoms with van der Waals surface area (Å²) in [5.74, 6) is 0.725. The molecule has 0 radical (unpaired) electrons. The molecule has 0 amide bonds. The minimum absolute atomic E-state index is 0.147. The molecule has 0 aromatic rings. The Balaban J connectivity index is 1.76. The molecule has 0 atom stereocenters. The number of hydrogen-bond acceptors (Lipinski definition) is 3. The Morgan fingerprint density at radius 3 is 2.59 bits per heavy atom. The van der Waals surface area contributed by atoms with E-state index in [-0.39, 0.29) is 5.60 Å². The van der Waals surface area contributed by atoms with Crippen LogP contribution in [0.25, 0.3) is 0 Å². The van der Waals surface area contributed by atoms with Crippen LogP contribution in [0.15, 0.2) is 0 Å². The van der Waals surface area contributed by atoms with Crippen LogP contribution in [0.4, 0.5) is 0 Å². The molecule has 1 heterocycles. The number of ether oxygens (including phenoxy) is 2. The molecule has 0 spiro atoms. The van der Waals surface area contributed by atoms with Gasteiger partial charge in [0.25, 0.3) is 0 Å². The van der Waals surface area contributed by atoms with Crippen LogP contribution in [0.1, 0.15) is 45.4 Å². The number of likely N-dealkylation sites (N-methyl/N-ethyl adjacent to an activating group) is 1. The second-order valence-corrected chi connectivity index (χ2v) is 5.54. The Kier molecular flexibility index (Phi) is 5.26. The molecule has 3 heteroatoms. The maximum atomic E-state index is 6.31. The quantitative estimate of drug-likeness (QED) is 0.774. The molecule has 2 aliphatic rings. The van der Waals surface area contributed by atoms with Gasteiger partial charge < -0.3 is 14.8 Å². The predicted octanol–water partition coefficient (Wildman–Crippen LogP) is 2.35. The van der Waals surface area contributed by atoms with Crippen molar-refractivity contribution in [3.63, 3.8) is 0 Å². The third-order valence-electron chi connectivity index (χ3n) is 4.18. The van der Waals surface area contributed by atoms with E-state index >= 15 is 0 Å². The summed E-state index contributed by atoms with van der Waals surface area (Å²) < 4.78 is 11.7. The third kappa shape index (κ3) is 3.94. The van der Waals surface area contributed by atoms with Crippen LogP contribution in [-0.2, 0) is 9.47 Å². The van der Waals surface area contributed by atoms with E-state index in [2.05, 4.69) is 12.2 Å². The van der Waals surface area contributed by atoms with Gasteiger partial charge in [-0.1, -0.05) is 19.8 Å². The Labute approximate surface area is 105 Å². The molecule has 3 nitrogen and oxygen atoms in total. The van der Waals surface area contributed by atoms with Gasteiger partial charge in [-0.25, -0.2) is 0 Å². The summed E-state index contributed by atoms with van der Waals surface area (Å²) in [4.78, 5) is 0. The van der Waals surface area contributed by atoms with Crippen LogP contribution < -0.4 is 5.32 Å². The maximum Gasteiger partial charge on any atom is 0.0806 e. The molecule has 1 saturated carbocycles. The van der Waals surface area contributed by atoms with E-state index < -0.39 is 0 Å². The zero-order chi connectivity index (χ0) is 12.0. The van der Waals surface area contributed by atoms with Crippen molar-refractivity contribution in [2.24, 2.45) is 5.92 Å². The van der Waals surface area contributed by atoms with E-state index in [1.165, 1.54) is 38.5 Å². The Morgan fingerprint density at radius 2 is 1.94 bits per heavy atom. The van der Waals surface area contributed by atoms with Crippen LogP contribution in [-0.4, -0.2) is 38.5 Å². The van der Waals surface area contributed by atoms with Crippen molar-refractivity contribution in [3.8, 4) is 0 Å². The summed E-state index contributed by atoms with van der Waals surface area (Å²) in [7, 11) is 0. The second-order valence-electron chi connectivity index (χ2n) is 5.54. The number of nitrogens with one attached hydrogen (secondary N) is 1. The van der Waals surface area contributed by atoms with Gasteiger partial charge in [0.15, 0.2) is 0 Å². The van der Waals surface area contributed by atoms with Crippen molar-refractivity contribution in [2.75, 3.05) is 32.9 Å². The summed E-state index contributed by atoms with van der Waals surface area (Å²) in [5, 5.41) is 3.47. The van der Waals surface area contributed by atoms with E-state index in [0.29, 0.717) is 0 Å². The van der Waals surface area contributed by atoms with Crippen LogP contribution >= 0.6 is 0 Å². The fourth-order valence-electron chi connectivity index (χ4n) is 2.95. The molecule has 0 unspecified atom stereocenters. The monoisotopic (exact) mass is 241 g/mol. The van der Waals surface area contributed by atoms with Crippen LogP contribution in [0.2, 0.25) is 0 Å². The molecule has 0 aromatic carbocycles. The fourth-order valence-corrected chi connectivity index (χ4v) is 2.95. The van der Waals surface area contributed by atoms with E-state index in [1.807, 2.05) is 0 Å². The first-order valence-electron chi connectivity index (χ1n) is 7.27. The summed E-state index contributed by atoms with van der Waals surface area (Å²) in [6.07, 6.45) is 7.50. The third-order valence-corrected chi connectivity index (χ3v) is 4.18. The first-order valence-corrected chi connectivity index (χ1v) is 7.27. The van der Waals surface area contributed by atoms with Crippen molar-refractivity contribution >= 4 is 0 Å². The smallest absolute Gasteiger partial charge is 0.0806 e. The lowest BCUT2D eigenvalue weighted by molar-refractivity contribution is -0.0705. The highest BCUT2D eigenvalue weighted by Gasteiger charge is 2.35. The van der Waals surface area contributed by atoms with Gasteiger partial charge in [0.05, 0.1) is 12.2 Å². The van der Waals surface area contributed by atoms with E-state index in [4.69, 9.17) is 9.47 Å². The molecule has 1 aliphatic carbocycles. The van der Waals surface area contributed by atoms with Gasteiger partial charge in [-0.3, -0.25) is 0 Å². The molecular weight excluding hydrogens is 214 g/mol. The van der Waals surface area contributed by atoms with Gasteiger partial charge >= 0.3 is 0 Å². The molecule has 1 aliphatic heterocycles. The molecule has 1 saturated heterocycles. The first-order chi connectivity index (χ1) is 8.35. The normalized spacial score (nSPS) is 25.2. The Bertz CT molecular complexity index is 208. The summed E-state index contributed by atoms with van der Waals surface area (Å²) in [5.41, 5.74) is 0.147. The van der Waals surface area contributed by atoms with Crippen LogP contribution in [0.3, 0.4) is 0 Å². The lowest BCUT2D eigenvalue weighted by atomic mass is 9.99. The first kappa shape index (κ1) is 13.3. The molecule has 2 rings (SSSR count). The van der Waals surface area contributed by atoms with Gasteiger partial charge in [0, 0.05) is 19.8 Å². The lowest BCUT2D eigenvalue weighted by Crippen LogP contribution is -2.42. The Hall–Kier alpha value is -0.120. The highest BCUT2D eigenvalue weighted by Crippen LogP contribution is 2.33. The molecule has 2 fully saturated rings. The van der Waals surface area contributed by atoms with Crippen molar-refractivity contribution in [1.29, 1.82) is 0 Å². The zero-order valence-corrected chi connectivity index (χ0v) is 11.2. The van der Waals surface area contributed by atoms with Crippen molar-refractivity contribution < 1.29 is 9.47 Å². The van der Waals surface area contributed by atoms with Gasteiger partial charge in [0.2, 0.25) is 0 Å². The van der Waals surface area contributed by atoms with E-state index in [9.17, 15) is 0 Å². The minimum atomic E-state index is 0.147. The summed E-state index contributed by atoms with van der Waals surface area (Å²) >= 11 is 0. The highest BCUT2D eigenvalue weighted by atomic mass is 16.5. The molecule has 100 valence electrons. The number of hydrogen-bond donors (Lipinski definition) is 1. The zero-order valence-electron chi connectivity index (χ0n) is 11.2. The van der Waals surface area contributed by atoms with E-state index in [1.54, 1.807) is 0 Å². The van der Waals surface area contributed by atoms with Crippen molar-refractivity contribution in [2.45, 2.75) is 51.0 Å². The Morgan fingerprint density at radius 1 is 1.24 bits per heavy atom. The summed E-state index contributed by atoms with van der Waals surface area (Å²) in [6.45, 7) is 7.04. The number of rotatable bonds is 6. The largest absolute Gasteiger partial charge is 0.381 e. The standard InChI is InChI=1S/C14H27NO2/c1-2-15-12-14(7-3-4-8-14)17-11-13-5-9-16-10-6-13/h13,15H,2-12H2,1H3. The molecule has 0 bridgehead atoms. The van der Waals surface area contributed by atoms with Gasteiger partial charge in [0.1, 0.15) is 0 Å². The van der Waals surface area contributed by atoms with Gasteiger partial charge in [-0.05, 0) is 38.1 Å². The summed E-state index contributed by atoms with van der Waals surface area (Å²) in [6, 6.07) is 0. The second kappa shape index (κ2) is 6.72. The minimum Gasteiger partial charge on any atom is -0.381 e. The average Bonchev–Trinajstić information content (AvgIpc) is 2.85. The maximum absolute atomic E-state index is 6.31. The SMILES string of the molecule is CCNCC1(OCC2CCOCC2)CCCC1. The lowest BCUT2D eigenvalue weighted by Gasteiger charge is -2.32. The molecule has 1 N–H and O–H groups in total. The van der Waals surface area contributed by atoms with E-state index in [0.717, 1.165) is 38.8 Å². The van der Waals surface area contributed by atoms with Crippen molar-refractivity contribution in [3.05, 3.63) is 0 Å². The van der Waals surface area contributed by atoms with Crippen molar-refractivity contribution in [1.82, 2.24) is 5.32 Å².